The number of carboxylic acids is 1. The Kier molecular flexibility index (Phi) is 5.36. The van der Waals surface area contributed by atoms with E-state index in [2.05, 4.69) is 5.32 Å². The average Bonchev–Trinajstić information content (AvgIpc) is 2.35. The number of amides is 1. The molecule has 1 aromatic carbocycles. The van der Waals surface area contributed by atoms with E-state index in [0.29, 0.717) is 6.42 Å². The predicted molar refractivity (Wildman–Crippen MR) is 72.6 cm³/mol. The summed E-state index contributed by atoms with van der Waals surface area (Å²) in [4.78, 5) is 22.0. The van der Waals surface area contributed by atoms with Crippen molar-refractivity contribution >= 4 is 17.6 Å². The van der Waals surface area contributed by atoms with Crippen LogP contribution in [-0.2, 0) is 9.59 Å². The molecule has 0 spiro atoms. The Morgan fingerprint density at radius 3 is 2.47 bits per heavy atom. The number of hydrogen-bond donors (Lipinski definition) is 2. The summed E-state index contributed by atoms with van der Waals surface area (Å²) in [5, 5.41) is 11.3. The number of anilines is 1. The summed E-state index contributed by atoms with van der Waals surface area (Å²) in [6.07, 6.45) is 0.556. The fourth-order valence-electron chi connectivity index (χ4n) is 1.77. The van der Waals surface area contributed by atoms with Crippen molar-refractivity contribution in [3.63, 3.8) is 0 Å². The molecule has 0 atom stereocenters. The largest absolute Gasteiger partial charge is 0.496 e. The highest BCUT2D eigenvalue weighted by atomic mass is 16.5. The molecule has 0 aliphatic rings. The van der Waals surface area contributed by atoms with Crippen LogP contribution in [0.15, 0.2) is 12.1 Å². The third-order valence-corrected chi connectivity index (χ3v) is 3.03. The Balaban J connectivity index is 2.64. The number of hydrogen-bond acceptors (Lipinski definition) is 3. The molecule has 0 bridgehead atoms. The van der Waals surface area contributed by atoms with Gasteiger partial charge in [0, 0.05) is 18.5 Å². The molecule has 1 aromatic rings. The standard InChI is InChI=1S/C14H19NO4/c1-9-10(2)12(19-3)8-7-11(9)15-13(16)5-4-6-14(17)18/h7-8H,4-6H2,1-3H3,(H,15,16)(H,17,18). The van der Waals surface area contributed by atoms with Crippen LogP contribution in [-0.4, -0.2) is 24.1 Å². The van der Waals surface area contributed by atoms with E-state index in [1.165, 1.54) is 0 Å². The molecule has 0 radical (unpaired) electrons. The van der Waals surface area contributed by atoms with Gasteiger partial charge in [-0.1, -0.05) is 0 Å². The summed E-state index contributed by atoms with van der Waals surface area (Å²) in [5.74, 6) is -0.278. The Labute approximate surface area is 112 Å². The van der Waals surface area contributed by atoms with Crippen LogP contribution in [0, 0.1) is 13.8 Å². The molecule has 0 saturated heterocycles. The number of carboxylic acid groups (broad SMARTS) is 1. The first-order valence-electron chi connectivity index (χ1n) is 6.11. The summed E-state index contributed by atoms with van der Waals surface area (Å²) in [7, 11) is 1.60. The van der Waals surface area contributed by atoms with Gasteiger partial charge in [-0.05, 0) is 43.5 Å². The van der Waals surface area contributed by atoms with Gasteiger partial charge < -0.3 is 15.2 Å². The molecule has 1 amide bonds. The average molecular weight is 265 g/mol. The predicted octanol–water partition coefficient (Wildman–Crippen LogP) is 2.51. The van der Waals surface area contributed by atoms with E-state index in [4.69, 9.17) is 9.84 Å². The molecule has 0 heterocycles. The Morgan fingerprint density at radius 1 is 1.21 bits per heavy atom. The number of rotatable bonds is 6. The summed E-state index contributed by atoms with van der Waals surface area (Å²) < 4.78 is 5.20. The number of carbonyl (C=O) groups is 2. The second-order valence-electron chi connectivity index (χ2n) is 4.36. The molecule has 0 fully saturated rings. The summed E-state index contributed by atoms with van der Waals surface area (Å²) in [5.41, 5.74) is 2.66. The lowest BCUT2D eigenvalue weighted by Gasteiger charge is -2.13. The second kappa shape index (κ2) is 6.78. The minimum atomic E-state index is -0.885. The topological polar surface area (TPSA) is 75.6 Å². The maximum Gasteiger partial charge on any atom is 0.303 e. The molecule has 5 nitrogen and oxygen atoms in total. The first-order chi connectivity index (χ1) is 8.95. The molecule has 0 saturated carbocycles. The van der Waals surface area contributed by atoms with Crippen molar-refractivity contribution in [2.24, 2.45) is 0 Å². The first-order valence-corrected chi connectivity index (χ1v) is 6.11. The highest BCUT2D eigenvalue weighted by molar-refractivity contribution is 5.92. The lowest BCUT2D eigenvalue weighted by molar-refractivity contribution is -0.137. The summed E-state index contributed by atoms with van der Waals surface area (Å²) in [6, 6.07) is 3.59. The SMILES string of the molecule is COc1ccc(NC(=O)CCCC(=O)O)c(C)c1C. The molecular formula is C14H19NO4. The van der Waals surface area contributed by atoms with Crippen LogP contribution in [0.4, 0.5) is 5.69 Å². The zero-order valence-corrected chi connectivity index (χ0v) is 11.4. The third kappa shape index (κ3) is 4.28. The molecule has 5 heteroatoms. The quantitative estimate of drug-likeness (QED) is 0.828. The first kappa shape index (κ1) is 15.0. The van der Waals surface area contributed by atoms with Crippen molar-refractivity contribution < 1.29 is 19.4 Å². The van der Waals surface area contributed by atoms with Gasteiger partial charge in [0.05, 0.1) is 7.11 Å². The van der Waals surface area contributed by atoms with Crippen LogP contribution in [0.2, 0.25) is 0 Å². The maximum atomic E-state index is 11.7. The van der Waals surface area contributed by atoms with Crippen molar-refractivity contribution in [3.8, 4) is 5.75 Å². The van der Waals surface area contributed by atoms with Crippen molar-refractivity contribution in [1.29, 1.82) is 0 Å². The van der Waals surface area contributed by atoms with E-state index < -0.39 is 5.97 Å². The minimum absolute atomic E-state index is 0.00798. The van der Waals surface area contributed by atoms with Gasteiger partial charge in [0.25, 0.3) is 0 Å². The number of aliphatic carboxylic acids is 1. The lowest BCUT2D eigenvalue weighted by Crippen LogP contribution is -2.13. The van der Waals surface area contributed by atoms with E-state index in [1.54, 1.807) is 19.2 Å². The zero-order valence-electron chi connectivity index (χ0n) is 11.4. The van der Waals surface area contributed by atoms with Gasteiger partial charge >= 0.3 is 5.97 Å². The van der Waals surface area contributed by atoms with Crippen molar-refractivity contribution in [1.82, 2.24) is 0 Å². The number of carbonyl (C=O) groups excluding carboxylic acids is 1. The molecule has 0 aliphatic carbocycles. The fourth-order valence-corrected chi connectivity index (χ4v) is 1.77. The maximum absolute atomic E-state index is 11.7. The van der Waals surface area contributed by atoms with Crippen molar-refractivity contribution in [2.75, 3.05) is 12.4 Å². The van der Waals surface area contributed by atoms with Crippen LogP contribution in [0.25, 0.3) is 0 Å². The van der Waals surface area contributed by atoms with Crippen molar-refractivity contribution in [2.45, 2.75) is 33.1 Å². The van der Waals surface area contributed by atoms with Crippen LogP contribution in [0.5, 0.6) is 5.75 Å². The van der Waals surface area contributed by atoms with E-state index in [1.807, 2.05) is 13.8 Å². The smallest absolute Gasteiger partial charge is 0.303 e. The van der Waals surface area contributed by atoms with Gasteiger partial charge in [-0.25, -0.2) is 0 Å². The molecule has 0 aliphatic heterocycles. The summed E-state index contributed by atoms with van der Waals surface area (Å²) >= 11 is 0. The molecule has 104 valence electrons. The van der Waals surface area contributed by atoms with Gasteiger partial charge in [0.2, 0.25) is 5.91 Å². The van der Waals surface area contributed by atoms with Crippen molar-refractivity contribution in [3.05, 3.63) is 23.3 Å². The Hall–Kier alpha value is -2.04. The highest BCUT2D eigenvalue weighted by Crippen LogP contribution is 2.27. The lowest BCUT2D eigenvalue weighted by atomic mass is 10.1. The molecule has 0 unspecified atom stereocenters. The van der Waals surface area contributed by atoms with Gasteiger partial charge in [-0.2, -0.15) is 0 Å². The van der Waals surface area contributed by atoms with E-state index >= 15 is 0 Å². The van der Waals surface area contributed by atoms with Gasteiger partial charge in [0.15, 0.2) is 0 Å². The fraction of sp³-hybridized carbons (Fsp3) is 0.429. The monoisotopic (exact) mass is 265 g/mol. The van der Waals surface area contributed by atoms with E-state index in [-0.39, 0.29) is 18.7 Å². The van der Waals surface area contributed by atoms with E-state index in [0.717, 1.165) is 22.6 Å². The van der Waals surface area contributed by atoms with Gasteiger partial charge in [0.1, 0.15) is 5.75 Å². The van der Waals surface area contributed by atoms with E-state index in [9.17, 15) is 9.59 Å². The molecule has 19 heavy (non-hydrogen) atoms. The zero-order chi connectivity index (χ0) is 14.4. The molecular weight excluding hydrogens is 246 g/mol. The van der Waals surface area contributed by atoms with Gasteiger partial charge in [-0.3, -0.25) is 9.59 Å². The number of benzene rings is 1. The highest BCUT2D eigenvalue weighted by Gasteiger charge is 2.10. The Morgan fingerprint density at radius 2 is 1.89 bits per heavy atom. The number of ether oxygens (including phenoxy) is 1. The normalized spacial score (nSPS) is 10.1. The Bertz CT molecular complexity index is 483. The summed E-state index contributed by atoms with van der Waals surface area (Å²) in [6.45, 7) is 3.83. The van der Waals surface area contributed by atoms with Crippen LogP contribution in [0.1, 0.15) is 30.4 Å². The van der Waals surface area contributed by atoms with Crippen LogP contribution in [0.3, 0.4) is 0 Å². The van der Waals surface area contributed by atoms with Gasteiger partial charge in [-0.15, -0.1) is 0 Å². The molecule has 1 rings (SSSR count). The molecule has 2 N–H and O–H groups in total. The number of methoxy groups -OCH3 is 1. The molecule has 0 aromatic heterocycles. The second-order valence-corrected chi connectivity index (χ2v) is 4.36. The van der Waals surface area contributed by atoms with Crippen LogP contribution >= 0.6 is 0 Å². The number of nitrogens with one attached hydrogen (secondary N) is 1. The van der Waals surface area contributed by atoms with Crippen LogP contribution < -0.4 is 10.1 Å². The minimum Gasteiger partial charge on any atom is -0.496 e. The third-order valence-electron chi connectivity index (χ3n) is 3.03.